The second-order valence-electron chi connectivity index (χ2n) is 4.88. The van der Waals surface area contributed by atoms with Crippen LogP contribution in [-0.4, -0.2) is 48.9 Å². The predicted octanol–water partition coefficient (Wildman–Crippen LogP) is 2.13. The first-order valence-electron chi connectivity index (χ1n) is 6.51. The molecule has 1 heterocycles. The molecule has 1 aliphatic heterocycles. The number of amides is 1. The van der Waals surface area contributed by atoms with Crippen LogP contribution < -0.4 is 0 Å². The molecule has 104 valence electrons. The standard InChI is InChI=1S/C14H18F2N2O/c1-17(9-10-18-7-2-3-8-18)14(19)11-5-4-6-12(15)13(11)16/h4-6H,2-3,7-10H2,1H3. The van der Waals surface area contributed by atoms with E-state index in [9.17, 15) is 13.6 Å². The highest BCUT2D eigenvalue weighted by Crippen LogP contribution is 2.13. The average molecular weight is 268 g/mol. The maximum atomic E-state index is 13.5. The Morgan fingerprint density at radius 1 is 1.32 bits per heavy atom. The van der Waals surface area contributed by atoms with Crippen molar-refractivity contribution in [2.24, 2.45) is 0 Å². The summed E-state index contributed by atoms with van der Waals surface area (Å²) in [6, 6.07) is 3.67. The maximum absolute atomic E-state index is 13.5. The maximum Gasteiger partial charge on any atom is 0.256 e. The molecule has 0 N–H and O–H groups in total. The first-order valence-corrected chi connectivity index (χ1v) is 6.51. The van der Waals surface area contributed by atoms with Crippen molar-refractivity contribution in [3.63, 3.8) is 0 Å². The Morgan fingerprint density at radius 2 is 2.00 bits per heavy atom. The van der Waals surface area contributed by atoms with Gasteiger partial charge in [0.05, 0.1) is 5.56 Å². The van der Waals surface area contributed by atoms with Gasteiger partial charge in [-0.25, -0.2) is 8.78 Å². The number of likely N-dealkylation sites (N-methyl/N-ethyl adjacent to an activating group) is 1. The Labute approximate surface area is 111 Å². The summed E-state index contributed by atoms with van der Waals surface area (Å²) >= 11 is 0. The van der Waals surface area contributed by atoms with Crippen molar-refractivity contribution in [1.29, 1.82) is 0 Å². The number of nitrogens with zero attached hydrogens (tertiary/aromatic N) is 2. The number of hydrogen-bond donors (Lipinski definition) is 0. The first-order chi connectivity index (χ1) is 9.09. The molecule has 0 spiro atoms. The molecule has 5 heteroatoms. The van der Waals surface area contributed by atoms with Gasteiger partial charge in [-0.3, -0.25) is 4.79 Å². The largest absolute Gasteiger partial charge is 0.340 e. The third kappa shape index (κ3) is 3.29. The molecular formula is C14H18F2N2O. The van der Waals surface area contributed by atoms with Gasteiger partial charge >= 0.3 is 0 Å². The van der Waals surface area contributed by atoms with E-state index in [4.69, 9.17) is 0 Å². The minimum atomic E-state index is -1.07. The van der Waals surface area contributed by atoms with E-state index in [1.54, 1.807) is 7.05 Å². The third-order valence-corrected chi connectivity index (χ3v) is 3.48. The lowest BCUT2D eigenvalue weighted by Crippen LogP contribution is -2.35. The summed E-state index contributed by atoms with van der Waals surface area (Å²) in [4.78, 5) is 15.7. The van der Waals surface area contributed by atoms with Crippen LogP contribution in [0, 0.1) is 11.6 Å². The average Bonchev–Trinajstić information content (AvgIpc) is 2.91. The highest BCUT2D eigenvalue weighted by Gasteiger charge is 2.19. The molecule has 1 aromatic carbocycles. The minimum Gasteiger partial charge on any atom is -0.340 e. The summed E-state index contributed by atoms with van der Waals surface area (Å²) < 4.78 is 26.6. The van der Waals surface area contributed by atoms with Crippen molar-refractivity contribution in [2.45, 2.75) is 12.8 Å². The molecule has 3 nitrogen and oxygen atoms in total. The van der Waals surface area contributed by atoms with Crippen LogP contribution in [0.2, 0.25) is 0 Å². The third-order valence-electron chi connectivity index (χ3n) is 3.48. The fraction of sp³-hybridized carbons (Fsp3) is 0.500. The van der Waals surface area contributed by atoms with E-state index in [1.165, 1.54) is 29.9 Å². The van der Waals surface area contributed by atoms with Crippen LogP contribution in [0.5, 0.6) is 0 Å². The Kier molecular flexibility index (Phi) is 4.47. The molecule has 0 aliphatic carbocycles. The zero-order valence-electron chi connectivity index (χ0n) is 11.0. The zero-order valence-corrected chi connectivity index (χ0v) is 11.0. The number of rotatable bonds is 4. The number of benzene rings is 1. The summed E-state index contributed by atoms with van der Waals surface area (Å²) in [6.45, 7) is 3.40. The Hall–Kier alpha value is -1.49. The molecule has 1 saturated heterocycles. The highest BCUT2D eigenvalue weighted by molar-refractivity contribution is 5.94. The van der Waals surface area contributed by atoms with Gasteiger partial charge in [0.25, 0.3) is 5.91 Å². The summed E-state index contributed by atoms with van der Waals surface area (Å²) in [6.07, 6.45) is 2.38. The van der Waals surface area contributed by atoms with Crippen LogP contribution in [0.15, 0.2) is 18.2 Å². The number of carbonyl (C=O) groups excluding carboxylic acids is 1. The van der Waals surface area contributed by atoms with Crippen molar-refractivity contribution < 1.29 is 13.6 Å². The van der Waals surface area contributed by atoms with Crippen LogP contribution in [0.25, 0.3) is 0 Å². The number of carbonyl (C=O) groups is 1. The number of hydrogen-bond acceptors (Lipinski definition) is 2. The first kappa shape index (κ1) is 13.9. The van der Waals surface area contributed by atoms with E-state index in [0.29, 0.717) is 6.54 Å². The number of likely N-dealkylation sites (tertiary alicyclic amines) is 1. The van der Waals surface area contributed by atoms with Crippen molar-refractivity contribution in [3.05, 3.63) is 35.4 Å². The van der Waals surface area contributed by atoms with Crippen LogP contribution in [-0.2, 0) is 0 Å². The van der Waals surface area contributed by atoms with Crippen LogP contribution in [0.3, 0.4) is 0 Å². The summed E-state index contributed by atoms with van der Waals surface area (Å²) in [7, 11) is 1.61. The monoisotopic (exact) mass is 268 g/mol. The molecule has 0 atom stereocenters. The van der Waals surface area contributed by atoms with Gasteiger partial charge in [-0.05, 0) is 38.1 Å². The quantitative estimate of drug-likeness (QED) is 0.835. The van der Waals surface area contributed by atoms with Gasteiger partial charge in [0, 0.05) is 20.1 Å². The molecule has 0 saturated carbocycles. The molecule has 19 heavy (non-hydrogen) atoms. The second-order valence-corrected chi connectivity index (χ2v) is 4.88. The van der Waals surface area contributed by atoms with Gasteiger partial charge in [0.1, 0.15) is 0 Å². The topological polar surface area (TPSA) is 23.6 Å². The molecule has 1 amide bonds. The van der Waals surface area contributed by atoms with Crippen molar-refractivity contribution in [3.8, 4) is 0 Å². The van der Waals surface area contributed by atoms with Crippen molar-refractivity contribution in [2.75, 3.05) is 33.2 Å². The molecule has 1 fully saturated rings. The smallest absolute Gasteiger partial charge is 0.256 e. The van der Waals surface area contributed by atoms with E-state index in [-0.39, 0.29) is 5.56 Å². The Morgan fingerprint density at radius 3 is 2.68 bits per heavy atom. The van der Waals surface area contributed by atoms with Gasteiger partial charge in [-0.1, -0.05) is 6.07 Å². The predicted molar refractivity (Wildman–Crippen MR) is 69.0 cm³/mol. The van der Waals surface area contributed by atoms with Crippen molar-refractivity contribution in [1.82, 2.24) is 9.80 Å². The molecule has 1 aliphatic rings. The van der Waals surface area contributed by atoms with Gasteiger partial charge in [0.2, 0.25) is 0 Å². The minimum absolute atomic E-state index is 0.205. The normalized spacial score (nSPS) is 15.7. The molecule has 0 bridgehead atoms. The fourth-order valence-electron chi connectivity index (χ4n) is 2.27. The van der Waals surface area contributed by atoms with E-state index in [1.807, 2.05) is 0 Å². The summed E-state index contributed by atoms with van der Waals surface area (Å²) in [5.41, 5.74) is -0.205. The number of halogens is 2. The van der Waals surface area contributed by atoms with E-state index < -0.39 is 17.5 Å². The SMILES string of the molecule is CN(CCN1CCCC1)C(=O)c1cccc(F)c1F. The lowest BCUT2D eigenvalue weighted by Gasteiger charge is -2.21. The lowest BCUT2D eigenvalue weighted by molar-refractivity contribution is 0.0776. The second kappa shape index (κ2) is 6.10. The Bertz CT molecular complexity index is 459. The van der Waals surface area contributed by atoms with Gasteiger partial charge < -0.3 is 9.80 Å². The van der Waals surface area contributed by atoms with Gasteiger partial charge in [-0.2, -0.15) is 0 Å². The van der Waals surface area contributed by atoms with E-state index in [2.05, 4.69) is 4.90 Å². The summed E-state index contributed by atoms with van der Waals surface area (Å²) in [5, 5.41) is 0. The molecule has 1 aromatic rings. The molecule has 0 aromatic heterocycles. The highest BCUT2D eigenvalue weighted by atomic mass is 19.2. The van der Waals surface area contributed by atoms with Gasteiger partial charge in [-0.15, -0.1) is 0 Å². The van der Waals surface area contributed by atoms with Crippen LogP contribution >= 0.6 is 0 Å². The molecule has 2 rings (SSSR count). The lowest BCUT2D eigenvalue weighted by atomic mass is 10.2. The van der Waals surface area contributed by atoms with Crippen molar-refractivity contribution >= 4 is 5.91 Å². The van der Waals surface area contributed by atoms with Crippen LogP contribution in [0.1, 0.15) is 23.2 Å². The van der Waals surface area contributed by atoms with E-state index >= 15 is 0 Å². The molecule has 0 radical (unpaired) electrons. The summed E-state index contributed by atoms with van der Waals surface area (Å²) in [5.74, 6) is -2.53. The molecule has 0 unspecified atom stereocenters. The van der Waals surface area contributed by atoms with Gasteiger partial charge in [0.15, 0.2) is 11.6 Å². The fourth-order valence-corrected chi connectivity index (χ4v) is 2.27. The van der Waals surface area contributed by atoms with Crippen LogP contribution in [0.4, 0.5) is 8.78 Å². The Balaban J connectivity index is 1.96. The molecular weight excluding hydrogens is 250 g/mol. The zero-order chi connectivity index (χ0) is 13.8. The van der Waals surface area contributed by atoms with E-state index in [0.717, 1.165) is 25.7 Å².